The molecule has 4 heteroatoms. The number of carbonyl (C=O) groups is 1. The summed E-state index contributed by atoms with van der Waals surface area (Å²) >= 11 is 0. The van der Waals surface area contributed by atoms with Gasteiger partial charge >= 0.3 is 5.97 Å². The van der Waals surface area contributed by atoms with Gasteiger partial charge in [-0.25, -0.2) is 4.98 Å². The van der Waals surface area contributed by atoms with Crippen molar-refractivity contribution in [1.29, 1.82) is 0 Å². The van der Waals surface area contributed by atoms with Crippen molar-refractivity contribution in [2.24, 2.45) is 5.92 Å². The molecular weight excluding hydrogens is 348 g/mol. The van der Waals surface area contributed by atoms with Crippen LogP contribution in [-0.4, -0.2) is 22.6 Å². The molecule has 4 nitrogen and oxygen atoms in total. The molecule has 0 fully saturated rings. The van der Waals surface area contributed by atoms with E-state index in [4.69, 9.17) is 4.74 Å². The first-order chi connectivity index (χ1) is 13.4. The molecule has 0 saturated carbocycles. The third-order valence-electron chi connectivity index (χ3n) is 5.53. The van der Waals surface area contributed by atoms with Gasteiger partial charge in [-0.15, -0.1) is 0 Å². The molecule has 0 aliphatic heterocycles. The molecule has 0 aliphatic carbocycles. The molecule has 1 atom stereocenters. The van der Waals surface area contributed by atoms with Crippen molar-refractivity contribution in [1.82, 2.24) is 9.55 Å². The maximum absolute atomic E-state index is 11.9. The number of ether oxygens (including phenoxy) is 1. The van der Waals surface area contributed by atoms with E-state index in [0.29, 0.717) is 5.92 Å². The first-order valence-corrected chi connectivity index (χ1v) is 9.96. The first-order valence-electron chi connectivity index (χ1n) is 9.96. The van der Waals surface area contributed by atoms with Gasteiger partial charge in [-0.2, -0.15) is 0 Å². The number of esters is 1. The van der Waals surface area contributed by atoms with Crippen molar-refractivity contribution in [3.63, 3.8) is 0 Å². The highest BCUT2D eigenvalue weighted by Crippen LogP contribution is 2.42. The van der Waals surface area contributed by atoms with Crippen molar-refractivity contribution in [3.8, 4) is 0 Å². The Morgan fingerprint density at radius 1 is 1.18 bits per heavy atom. The van der Waals surface area contributed by atoms with E-state index in [1.165, 1.54) is 23.8 Å². The maximum atomic E-state index is 11.9. The number of fused-ring (bicyclic) bond motifs is 1. The van der Waals surface area contributed by atoms with E-state index in [0.717, 1.165) is 11.0 Å². The molecule has 0 aliphatic rings. The fraction of sp³-hybridized carbons (Fsp3) is 0.417. The number of pyridine rings is 1. The van der Waals surface area contributed by atoms with Crippen molar-refractivity contribution < 1.29 is 9.53 Å². The van der Waals surface area contributed by atoms with Gasteiger partial charge in [-0.1, -0.05) is 64.4 Å². The van der Waals surface area contributed by atoms with Crippen LogP contribution in [0.5, 0.6) is 0 Å². The minimum atomic E-state index is -0.277. The molecule has 3 aromatic rings. The van der Waals surface area contributed by atoms with Crippen molar-refractivity contribution in [2.45, 2.75) is 53.5 Å². The Kier molecular flexibility index (Phi) is 7.00. The lowest BCUT2D eigenvalue weighted by Gasteiger charge is -2.34. The minimum Gasteiger partial charge on any atom is -0.468 e. The van der Waals surface area contributed by atoms with Gasteiger partial charge in [0.15, 0.2) is 0 Å². The zero-order valence-electron chi connectivity index (χ0n) is 18.1. The van der Waals surface area contributed by atoms with E-state index in [1.807, 2.05) is 24.5 Å². The van der Waals surface area contributed by atoms with Gasteiger partial charge in [-0.3, -0.25) is 4.79 Å². The van der Waals surface area contributed by atoms with E-state index in [9.17, 15) is 4.79 Å². The molecule has 2 aromatic heterocycles. The van der Waals surface area contributed by atoms with Crippen LogP contribution in [0.1, 0.15) is 51.3 Å². The molecule has 3 rings (SSSR count). The second-order valence-electron chi connectivity index (χ2n) is 7.34. The van der Waals surface area contributed by atoms with Crippen LogP contribution >= 0.6 is 0 Å². The molecule has 0 saturated heterocycles. The predicted molar refractivity (Wildman–Crippen MR) is 116 cm³/mol. The van der Waals surface area contributed by atoms with Gasteiger partial charge in [0, 0.05) is 23.2 Å². The molecular formula is C24H32N2O2. The average molecular weight is 381 g/mol. The van der Waals surface area contributed by atoms with E-state index in [1.54, 1.807) is 6.20 Å². The summed E-state index contributed by atoms with van der Waals surface area (Å²) in [6.07, 6.45) is 3.83. The van der Waals surface area contributed by atoms with Gasteiger partial charge in [-0.05, 0) is 36.1 Å². The smallest absolute Gasteiger partial charge is 0.325 e. The van der Waals surface area contributed by atoms with Gasteiger partial charge in [0.25, 0.3) is 0 Å². The normalized spacial score (nSPS) is 13.0. The van der Waals surface area contributed by atoms with Gasteiger partial charge in [0.1, 0.15) is 12.2 Å². The summed E-state index contributed by atoms with van der Waals surface area (Å²) in [7, 11) is 1.41. The number of carbonyl (C=O) groups excluding carboxylic acids is 1. The van der Waals surface area contributed by atoms with E-state index < -0.39 is 0 Å². The number of hydrogen-bond donors (Lipinski definition) is 0. The minimum absolute atomic E-state index is 0.159. The fourth-order valence-corrected chi connectivity index (χ4v) is 3.56. The Balaban J connectivity index is 0.00000136. The molecule has 0 N–H and O–H groups in total. The Bertz CT molecular complexity index is 925. The number of nitrogens with zero attached hydrogens (tertiary/aromatic N) is 2. The van der Waals surface area contributed by atoms with Gasteiger partial charge in [0.2, 0.25) is 0 Å². The number of aromatic nitrogens is 2. The zero-order valence-corrected chi connectivity index (χ0v) is 18.1. The average Bonchev–Trinajstić information content (AvgIpc) is 3.08. The van der Waals surface area contributed by atoms with Crippen LogP contribution in [0.25, 0.3) is 11.0 Å². The largest absolute Gasteiger partial charge is 0.468 e. The lowest BCUT2D eigenvalue weighted by Crippen LogP contribution is -2.30. The Labute approximate surface area is 168 Å². The quantitative estimate of drug-likeness (QED) is 0.549. The summed E-state index contributed by atoms with van der Waals surface area (Å²) in [4.78, 5) is 16.4. The second-order valence-corrected chi connectivity index (χ2v) is 7.34. The van der Waals surface area contributed by atoms with Crippen LogP contribution in [0, 0.1) is 12.8 Å². The number of rotatable bonds is 5. The van der Waals surface area contributed by atoms with Crippen LogP contribution in [-0.2, 0) is 21.5 Å². The summed E-state index contributed by atoms with van der Waals surface area (Å²) in [5.41, 5.74) is 4.31. The third kappa shape index (κ3) is 3.96. The fourth-order valence-electron chi connectivity index (χ4n) is 3.56. The van der Waals surface area contributed by atoms with E-state index in [2.05, 4.69) is 69.2 Å². The highest BCUT2D eigenvalue weighted by molar-refractivity contribution is 5.84. The molecule has 1 aromatic carbocycles. The standard InChI is InChI=1S/C22H26N2O2.C2H6/c1-15(2)22(4,17-10-8-16(3)9-11-17)19-13-24(14-20(25)26-5)21-18(19)7-6-12-23-21;1-2/h6-13,15H,14H2,1-5H3;1-2H3. The Morgan fingerprint density at radius 2 is 1.82 bits per heavy atom. The first kappa shape index (κ1) is 21.7. The van der Waals surface area contributed by atoms with Crippen LogP contribution < -0.4 is 0 Å². The summed E-state index contributed by atoms with van der Waals surface area (Å²) in [6.45, 7) is 13.0. The monoisotopic (exact) mass is 380 g/mol. The van der Waals surface area contributed by atoms with E-state index in [-0.39, 0.29) is 17.9 Å². The topological polar surface area (TPSA) is 44.1 Å². The molecule has 28 heavy (non-hydrogen) atoms. The highest BCUT2D eigenvalue weighted by Gasteiger charge is 2.35. The van der Waals surface area contributed by atoms with Crippen LogP contribution in [0.15, 0.2) is 48.8 Å². The Hall–Kier alpha value is -2.62. The van der Waals surface area contributed by atoms with Crippen LogP contribution in [0.2, 0.25) is 0 Å². The van der Waals surface area contributed by atoms with Gasteiger partial charge in [0.05, 0.1) is 7.11 Å². The summed E-state index contributed by atoms with van der Waals surface area (Å²) < 4.78 is 6.75. The molecule has 1 unspecified atom stereocenters. The third-order valence-corrected chi connectivity index (χ3v) is 5.53. The maximum Gasteiger partial charge on any atom is 0.325 e. The molecule has 150 valence electrons. The second kappa shape index (κ2) is 9.05. The van der Waals surface area contributed by atoms with Crippen LogP contribution in [0.3, 0.4) is 0 Å². The number of aryl methyl sites for hydroxylation is 1. The number of hydrogen-bond acceptors (Lipinski definition) is 3. The van der Waals surface area contributed by atoms with Gasteiger partial charge < -0.3 is 9.30 Å². The number of benzene rings is 1. The molecule has 2 heterocycles. The van der Waals surface area contributed by atoms with Crippen molar-refractivity contribution in [3.05, 3.63) is 65.5 Å². The lowest BCUT2D eigenvalue weighted by molar-refractivity contribution is -0.141. The predicted octanol–water partition coefficient (Wildman–Crippen LogP) is 5.51. The summed E-state index contributed by atoms with van der Waals surface area (Å²) in [5, 5.41) is 1.08. The highest BCUT2D eigenvalue weighted by atomic mass is 16.5. The molecule has 0 amide bonds. The zero-order chi connectivity index (χ0) is 20.9. The Morgan fingerprint density at radius 3 is 2.39 bits per heavy atom. The van der Waals surface area contributed by atoms with Crippen molar-refractivity contribution in [2.75, 3.05) is 7.11 Å². The lowest BCUT2D eigenvalue weighted by atomic mass is 9.68. The van der Waals surface area contributed by atoms with E-state index >= 15 is 0 Å². The molecule has 0 radical (unpaired) electrons. The van der Waals surface area contributed by atoms with Crippen molar-refractivity contribution >= 4 is 17.0 Å². The summed E-state index contributed by atoms with van der Waals surface area (Å²) in [6, 6.07) is 12.7. The molecule has 0 bridgehead atoms. The SMILES string of the molecule is CC.COC(=O)Cn1cc(C(C)(c2ccc(C)cc2)C(C)C)c2cccnc21. The number of methoxy groups -OCH3 is 1. The summed E-state index contributed by atoms with van der Waals surface area (Å²) in [5.74, 6) is 0.0864. The van der Waals surface area contributed by atoms with Crippen LogP contribution in [0.4, 0.5) is 0 Å². The molecule has 0 spiro atoms.